The summed E-state index contributed by atoms with van der Waals surface area (Å²) in [5, 5.41) is 0. The molecule has 0 N–H and O–H groups in total. The van der Waals surface area contributed by atoms with Gasteiger partial charge in [0.15, 0.2) is 0 Å². The fourth-order valence-electron chi connectivity index (χ4n) is 2.78. The molecule has 0 saturated heterocycles. The van der Waals surface area contributed by atoms with Crippen LogP contribution in [0.3, 0.4) is 0 Å². The Kier molecular flexibility index (Phi) is 7.93. The number of methoxy groups -OCH3 is 2. The maximum Gasteiger partial charge on any atom is 0.223 e. The van der Waals surface area contributed by atoms with Crippen LogP contribution in [0.1, 0.15) is 52.5 Å². The summed E-state index contributed by atoms with van der Waals surface area (Å²) < 4.78 is 10.7. The van der Waals surface area contributed by atoms with Gasteiger partial charge in [0.1, 0.15) is 11.5 Å². The summed E-state index contributed by atoms with van der Waals surface area (Å²) in [6, 6.07) is 6.02. The molecule has 130 valence electrons. The highest BCUT2D eigenvalue weighted by Gasteiger charge is 2.23. The van der Waals surface area contributed by atoms with Gasteiger partial charge in [-0.1, -0.05) is 27.7 Å². The van der Waals surface area contributed by atoms with Crippen molar-refractivity contribution >= 4 is 5.91 Å². The van der Waals surface area contributed by atoms with Crippen molar-refractivity contribution in [1.82, 2.24) is 4.90 Å². The molecule has 0 aromatic heterocycles. The van der Waals surface area contributed by atoms with Crippen LogP contribution in [-0.4, -0.2) is 31.1 Å². The molecule has 0 saturated carbocycles. The van der Waals surface area contributed by atoms with Crippen LogP contribution in [0.15, 0.2) is 18.2 Å². The third-order valence-corrected chi connectivity index (χ3v) is 4.12. The average Bonchev–Trinajstić information content (AvgIpc) is 2.54. The molecule has 0 atom stereocenters. The normalized spacial score (nSPS) is 11.0. The molecule has 1 aromatic carbocycles. The molecule has 0 aliphatic carbocycles. The van der Waals surface area contributed by atoms with Crippen molar-refractivity contribution in [2.75, 3.05) is 14.2 Å². The van der Waals surface area contributed by atoms with E-state index in [4.69, 9.17) is 9.47 Å². The van der Waals surface area contributed by atoms with Crippen molar-refractivity contribution in [3.63, 3.8) is 0 Å². The van der Waals surface area contributed by atoms with Gasteiger partial charge in [0.25, 0.3) is 0 Å². The lowest BCUT2D eigenvalue weighted by Gasteiger charge is -2.32. The highest BCUT2D eigenvalue weighted by atomic mass is 16.5. The monoisotopic (exact) mass is 321 g/mol. The number of benzene rings is 1. The molecule has 0 fully saturated rings. The van der Waals surface area contributed by atoms with Gasteiger partial charge in [-0.2, -0.15) is 0 Å². The van der Waals surface area contributed by atoms with Crippen LogP contribution in [0.25, 0.3) is 0 Å². The first kappa shape index (κ1) is 19.3. The Balaban J connectivity index is 3.07. The number of nitrogens with zero attached hydrogens (tertiary/aromatic N) is 1. The topological polar surface area (TPSA) is 38.8 Å². The van der Waals surface area contributed by atoms with Crippen molar-refractivity contribution in [2.45, 2.75) is 59.5 Å². The van der Waals surface area contributed by atoms with Gasteiger partial charge < -0.3 is 14.4 Å². The molecule has 0 unspecified atom stereocenters. The largest absolute Gasteiger partial charge is 0.497 e. The fraction of sp³-hybridized carbons (Fsp3) is 0.632. The van der Waals surface area contributed by atoms with Gasteiger partial charge in [0, 0.05) is 30.6 Å². The van der Waals surface area contributed by atoms with Gasteiger partial charge in [0.05, 0.1) is 14.2 Å². The van der Waals surface area contributed by atoms with Gasteiger partial charge in [-0.3, -0.25) is 4.79 Å². The van der Waals surface area contributed by atoms with Crippen LogP contribution in [0, 0.1) is 5.92 Å². The van der Waals surface area contributed by atoms with E-state index in [1.165, 1.54) is 0 Å². The standard InChI is InChI=1S/C19H31NO3/c1-7-16(8-2)20(19(21)11-14(3)4)13-15-9-10-17(22-5)12-18(15)23-6/h9-10,12,14,16H,7-8,11,13H2,1-6H3. The fourth-order valence-corrected chi connectivity index (χ4v) is 2.78. The van der Waals surface area contributed by atoms with E-state index in [1.807, 2.05) is 23.1 Å². The highest BCUT2D eigenvalue weighted by Crippen LogP contribution is 2.27. The number of carbonyl (C=O) groups is 1. The van der Waals surface area contributed by atoms with Gasteiger partial charge in [-0.15, -0.1) is 0 Å². The Hall–Kier alpha value is -1.71. The number of rotatable bonds is 9. The summed E-state index contributed by atoms with van der Waals surface area (Å²) >= 11 is 0. The predicted molar refractivity (Wildman–Crippen MR) is 93.9 cm³/mol. The second kappa shape index (κ2) is 9.43. The molecule has 23 heavy (non-hydrogen) atoms. The lowest BCUT2D eigenvalue weighted by Crippen LogP contribution is -2.39. The molecular formula is C19H31NO3. The zero-order chi connectivity index (χ0) is 17.4. The third kappa shape index (κ3) is 5.45. The van der Waals surface area contributed by atoms with E-state index >= 15 is 0 Å². The SMILES string of the molecule is CCC(CC)N(Cc1ccc(OC)cc1OC)C(=O)CC(C)C. The summed E-state index contributed by atoms with van der Waals surface area (Å²) in [5.74, 6) is 2.09. The first-order valence-electron chi connectivity index (χ1n) is 8.47. The molecule has 0 heterocycles. The molecular weight excluding hydrogens is 290 g/mol. The molecule has 0 bridgehead atoms. The second-order valence-electron chi connectivity index (χ2n) is 6.27. The first-order chi connectivity index (χ1) is 11.0. The number of hydrogen-bond donors (Lipinski definition) is 0. The smallest absolute Gasteiger partial charge is 0.223 e. The second-order valence-corrected chi connectivity index (χ2v) is 6.27. The Morgan fingerprint density at radius 2 is 1.78 bits per heavy atom. The predicted octanol–water partition coefficient (Wildman–Crippen LogP) is 4.27. The quantitative estimate of drug-likeness (QED) is 0.682. The number of hydrogen-bond acceptors (Lipinski definition) is 3. The van der Waals surface area contributed by atoms with Crippen LogP contribution < -0.4 is 9.47 Å². The highest BCUT2D eigenvalue weighted by molar-refractivity contribution is 5.76. The number of amides is 1. The van der Waals surface area contributed by atoms with Gasteiger partial charge in [-0.25, -0.2) is 0 Å². The number of ether oxygens (including phenoxy) is 2. The van der Waals surface area contributed by atoms with E-state index in [1.54, 1.807) is 14.2 Å². The zero-order valence-electron chi connectivity index (χ0n) is 15.4. The van der Waals surface area contributed by atoms with Crippen LogP contribution in [0.4, 0.5) is 0 Å². The summed E-state index contributed by atoms with van der Waals surface area (Å²) in [4.78, 5) is 14.7. The Morgan fingerprint density at radius 3 is 2.26 bits per heavy atom. The summed E-state index contributed by atoms with van der Waals surface area (Å²) in [7, 11) is 3.28. The molecule has 0 aliphatic rings. The van der Waals surface area contributed by atoms with Crippen molar-refractivity contribution in [1.29, 1.82) is 0 Å². The van der Waals surface area contributed by atoms with E-state index in [0.29, 0.717) is 18.9 Å². The van der Waals surface area contributed by atoms with Crippen molar-refractivity contribution in [2.24, 2.45) is 5.92 Å². The van der Waals surface area contributed by atoms with Crippen LogP contribution in [0.2, 0.25) is 0 Å². The maximum atomic E-state index is 12.7. The van der Waals surface area contributed by atoms with Crippen LogP contribution in [0.5, 0.6) is 11.5 Å². The minimum Gasteiger partial charge on any atom is -0.497 e. The maximum absolute atomic E-state index is 12.7. The van der Waals surface area contributed by atoms with Gasteiger partial charge in [0.2, 0.25) is 5.91 Å². The molecule has 0 aliphatic heterocycles. The molecule has 0 radical (unpaired) electrons. The molecule has 4 heteroatoms. The van der Waals surface area contributed by atoms with Crippen molar-refractivity contribution < 1.29 is 14.3 Å². The van der Waals surface area contributed by atoms with E-state index in [-0.39, 0.29) is 11.9 Å². The minimum absolute atomic E-state index is 0.214. The lowest BCUT2D eigenvalue weighted by atomic mass is 10.0. The Bertz CT molecular complexity index is 495. The van der Waals surface area contributed by atoms with Crippen LogP contribution >= 0.6 is 0 Å². The van der Waals surface area contributed by atoms with Gasteiger partial charge in [-0.05, 0) is 30.9 Å². The zero-order valence-corrected chi connectivity index (χ0v) is 15.4. The lowest BCUT2D eigenvalue weighted by molar-refractivity contribution is -0.135. The molecule has 1 aromatic rings. The molecule has 1 amide bonds. The van der Waals surface area contributed by atoms with E-state index in [0.717, 1.165) is 29.9 Å². The molecule has 4 nitrogen and oxygen atoms in total. The minimum atomic E-state index is 0.214. The summed E-state index contributed by atoms with van der Waals surface area (Å²) in [5.41, 5.74) is 1.01. The Morgan fingerprint density at radius 1 is 1.13 bits per heavy atom. The van der Waals surface area contributed by atoms with E-state index < -0.39 is 0 Å². The summed E-state index contributed by atoms with van der Waals surface area (Å²) in [6.07, 6.45) is 2.49. The van der Waals surface area contributed by atoms with Crippen molar-refractivity contribution in [3.8, 4) is 11.5 Å². The summed E-state index contributed by atoms with van der Waals surface area (Å²) in [6.45, 7) is 9.00. The average molecular weight is 321 g/mol. The molecule has 0 spiro atoms. The molecule has 1 rings (SSSR count). The van der Waals surface area contributed by atoms with Crippen molar-refractivity contribution in [3.05, 3.63) is 23.8 Å². The van der Waals surface area contributed by atoms with E-state index in [2.05, 4.69) is 27.7 Å². The van der Waals surface area contributed by atoms with Crippen LogP contribution in [-0.2, 0) is 11.3 Å². The first-order valence-corrected chi connectivity index (χ1v) is 8.47. The Labute approximate surface area is 140 Å². The number of carbonyl (C=O) groups excluding carboxylic acids is 1. The van der Waals surface area contributed by atoms with E-state index in [9.17, 15) is 4.79 Å². The third-order valence-electron chi connectivity index (χ3n) is 4.12. The van der Waals surface area contributed by atoms with Gasteiger partial charge >= 0.3 is 0 Å².